The first kappa shape index (κ1) is 29.9. The van der Waals surface area contributed by atoms with Crippen molar-refractivity contribution >= 4 is 34.4 Å². The predicted octanol–water partition coefficient (Wildman–Crippen LogP) is 3.29. The number of halogens is 1. The number of carbonyl (C=O) groups is 2. The lowest BCUT2D eigenvalue weighted by Gasteiger charge is -2.35. The number of anilines is 2. The number of amides is 2. The van der Waals surface area contributed by atoms with E-state index < -0.39 is 5.82 Å². The summed E-state index contributed by atoms with van der Waals surface area (Å²) in [5.74, 6) is 0.458. The number of ether oxygens (including phenoxy) is 1. The van der Waals surface area contributed by atoms with Crippen LogP contribution in [0.5, 0.6) is 5.75 Å². The van der Waals surface area contributed by atoms with Crippen molar-refractivity contribution in [1.82, 2.24) is 29.5 Å². The van der Waals surface area contributed by atoms with Crippen molar-refractivity contribution in [2.75, 3.05) is 69.8 Å². The zero-order valence-corrected chi connectivity index (χ0v) is 25.0. The van der Waals surface area contributed by atoms with Crippen molar-refractivity contribution in [2.24, 2.45) is 0 Å². The third-order valence-electron chi connectivity index (χ3n) is 7.52. The number of piperazine rings is 1. The maximum atomic E-state index is 14.9. The molecule has 11 nitrogen and oxygen atoms in total. The van der Waals surface area contributed by atoms with Crippen molar-refractivity contribution in [3.05, 3.63) is 71.9 Å². The molecule has 5 rings (SSSR count). The predicted molar refractivity (Wildman–Crippen MR) is 163 cm³/mol. The summed E-state index contributed by atoms with van der Waals surface area (Å²) in [4.78, 5) is 42.1. The van der Waals surface area contributed by atoms with Crippen LogP contribution in [0, 0.1) is 5.82 Å². The second-order valence-corrected chi connectivity index (χ2v) is 10.7. The number of benzene rings is 2. The van der Waals surface area contributed by atoms with Crippen molar-refractivity contribution in [1.29, 1.82) is 0 Å². The highest BCUT2D eigenvalue weighted by Crippen LogP contribution is 2.26. The zero-order chi connectivity index (χ0) is 30.5. The number of rotatable bonds is 10. The molecule has 1 aliphatic rings. The highest BCUT2D eigenvalue weighted by Gasteiger charge is 2.25. The molecule has 1 aliphatic heterocycles. The molecule has 1 fully saturated rings. The van der Waals surface area contributed by atoms with E-state index in [1.165, 1.54) is 6.33 Å². The van der Waals surface area contributed by atoms with Gasteiger partial charge in [-0.3, -0.25) is 9.59 Å². The third kappa shape index (κ3) is 6.59. The van der Waals surface area contributed by atoms with Gasteiger partial charge in [0.05, 0.1) is 24.7 Å². The molecule has 4 aromatic rings. The fraction of sp³-hybridized carbons (Fsp3) is 0.387. The molecule has 0 bridgehead atoms. The Balaban J connectivity index is 1.25. The summed E-state index contributed by atoms with van der Waals surface area (Å²) in [6.07, 6.45) is 3.20. The van der Waals surface area contributed by atoms with Crippen LogP contribution in [0.4, 0.5) is 15.9 Å². The highest BCUT2D eigenvalue weighted by molar-refractivity contribution is 5.96. The Morgan fingerprint density at radius 1 is 1.00 bits per heavy atom. The molecule has 0 aliphatic carbocycles. The van der Waals surface area contributed by atoms with Crippen LogP contribution in [0.3, 0.4) is 0 Å². The standard InChI is InChI=1S/C31H37FN8O3/c1-5-43-27-8-6-7-24(28(27)32)20-40-30-26(19-35-40)29(33-21-34-30)37-14-16-38(17-15-37)31(42)23-9-11-25(12-10-23)39(22(2)41)18-13-36(3)4/h6-12,19,21H,5,13-18,20H2,1-4H3. The van der Waals surface area contributed by atoms with Crippen LogP contribution in [-0.4, -0.2) is 101 Å². The number of aromatic nitrogens is 4. The van der Waals surface area contributed by atoms with E-state index in [4.69, 9.17) is 4.74 Å². The molecule has 226 valence electrons. The van der Waals surface area contributed by atoms with Gasteiger partial charge < -0.3 is 24.3 Å². The molecule has 3 heterocycles. The van der Waals surface area contributed by atoms with Crippen LogP contribution in [0.25, 0.3) is 11.0 Å². The van der Waals surface area contributed by atoms with Crippen molar-refractivity contribution in [2.45, 2.75) is 20.4 Å². The Bertz CT molecular complexity index is 1580. The second-order valence-electron chi connectivity index (χ2n) is 10.7. The van der Waals surface area contributed by atoms with Gasteiger partial charge in [-0.25, -0.2) is 19.0 Å². The molecule has 0 atom stereocenters. The molecule has 0 saturated carbocycles. The van der Waals surface area contributed by atoms with Crippen LogP contribution < -0.4 is 14.5 Å². The maximum Gasteiger partial charge on any atom is 0.253 e. The molecular formula is C31H37FN8O3. The molecule has 2 amide bonds. The lowest BCUT2D eigenvalue weighted by atomic mass is 10.1. The summed E-state index contributed by atoms with van der Waals surface area (Å²) in [6, 6.07) is 12.3. The van der Waals surface area contributed by atoms with Gasteiger partial charge in [-0.1, -0.05) is 12.1 Å². The monoisotopic (exact) mass is 588 g/mol. The fourth-order valence-electron chi connectivity index (χ4n) is 5.21. The van der Waals surface area contributed by atoms with Gasteiger partial charge >= 0.3 is 0 Å². The number of hydrogen-bond acceptors (Lipinski definition) is 8. The lowest BCUT2D eigenvalue weighted by Crippen LogP contribution is -2.49. The number of nitrogens with zero attached hydrogens (tertiary/aromatic N) is 8. The van der Waals surface area contributed by atoms with Crippen molar-refractivity contribution in [3.63, 3.8) is 0 Å². The summed E-state index contributed by atoms with van der Waals surface area (Å²) in [7, 11) is 3.93. The van der Waals surface area contributed by atoms with Gasteiger partial charge in [0.25, 0.3) is 5.91 Å². The molecule has 0 unspecified atom stereocenters. The van der Waals surface area contributed by atoms with E-state index >= 15 is 0 Å². The molecule has 0 N–H and O–H groups in total. The first-order chi connectivity index (χ1) is 20.8. The number of carbonyl (C=O) groups excluding carboxylic acids is 2. The number of fused-ring (bicyclic) bond motifs is 1. The van der Waals surface area contributed by atoms with Gasteiger partial charge in [0.15, 0.2) is 17.2 Å². The minimum Gasteiger partial charge on any atom is -0.491 e. The van der Waals surface area contributed by atoms with E-state index in [1.54, 1.807) is 53.0 Å². The Kier molecular flexibility index (Phi) is 9.15. The van der Waals surface area contributed by atoms with Crippen molar-refractivity contribution < 1.29 is 18.7 Å². The van der Waals surface area contributed by atoms with Gasteiger partial charge in [0, 0.05) is 63.0 Å². The first-order valence-electron chi connectivity index (χ1n) is 14.4. The molecule has 2 aromatic heterocycles. The average molecular weight is 589 g/mol. The van der Waals surface area contributed by atoms with E-state index in [-0.39, 0.29) is 24.1 Å². The molecule has 12 heteroatoms. The van der Waals surface area contributed by atoms with E-state index in [0.717, 1.165) is 23.4 Å². The zero-order valence-electron chi connectivity index (χ0n) is 25.0. The minimum absolute atomic E-state index is 0.0376. The summed E-state index contributed by atoms with van der Waals surface area (Å²) in [6.45, 7) is 7.50. The van der Waals surface area contributed by atoms with E-state index in [9.17, 15) is 14.0 Å². The smallest absolute Gasteiger partial charge is 0.253 e. The molecule has 0 spiro atoms. The normalized spacial score (nSPS) is 13.5. The van der Waals surface area contributed by atoms with Crippen LogP contribution in [-0.2, 0) is 11.3 Å². The molecule has 0 radical (unpaired) electrons. The highest BCUT2D eigenvalue weighted by atomic mass is 19.1. The molecular weight excluding hydrogens is 551 g/mol. The summed E-state index contributed by atoms with van der Waals surface area (Å²) in [5, 5.41) is 5.25. The topological polar surface area (TPSA) is 99.9 Å². The Hall–Kier alpha value is -4.58. The minimum atomic E-state index is -0.404. The summed E-state index contributed by atoms with van der Waals surface area (Å²) < 4.78 is 22.0. The maximum absolute atomic E-state index is 14.9. The van der Waals surface area contributed by atoms with Crippen LogP contribution >= 0.6 is 0 Å². The SMILES string of the molecule is CCOc1cccc(Cn2ncc3c(N4CCN(C(=O)c5ccc(N(CCN(C)C)C(C)=O)cc5)CC4)ncnc32)c1F. The van der Waals surface area contributed by atoms with E-state index in [2.05, 4.69) is 20.0 Å². The molecule has 2 aromatic carbocycles. The average Bonchev–Trinajstić information content (AvgIpc) is 3.42. The molecule has 1 saturated heterocycles. The second kappa shape index (κ2) is 13.2. The molecule has 43 heavy (non-hydrogen) atoms. The number of likely N-dealkylation sites (N-methyl/N-ethyl adjacent to an activating group) is 1. The first-order valence-corrected chi connectivity index (χ1v) is 14.4. The van der Waals surface area contributed by atoms with Gasteiger partial charge in [0.1, 0.15) is 12.1 Å². The van der Waals surface area contributed by atoms with Crippen LogP contribution in [0.15, 0.2) is 55.0 Å². The largest absolute Gasteiger partial charge is 0.491 e. The van der Waals surface area contributed by atoms with E-state index in [0.29, 0.717) is 56.1 Å². The Morgan fingerprint density at radius 3 is 2.42 bits per heavy atom. The fourth-order valence-corrected chi connectivity index (χ4v) is 5.21. The van der Waals surface area contributed by atoms with Gasteiger partial charge in [-0.05, 0) is 51.4 Å². The van der Waals surface area contributed by atoms with Gasteiger partial charge in [0.2, 0.25) is 5.91 Å². The summed E-state index contributed by atoms with van der Waals surface area (Å²) >= 11 is 0. The van der Waals surface area contributed by atoms with Gasteiger partial charge in [-0.2, -0.15) is 5.10 Å². The van der Waals surface area contributed by atoms with E-state index in [1.807, 2.05) is 43.0 Å². The lowest BCUT2D eigenvalue weighted by molar-refractivity contribution is -0.116. The summed E-state index contributed by atoms with van der Waals surface area (Å²) in [5.41, 5.74) is 2.42. The Labute approximate surface area is 250 Å². The van der Waals surface area contributed by atoms with Crippen molar-refractivity contribution in [3.8, 4) is 5.75 Å². The van der Waals surface area contributed by atoms with Crippen LogP contribution in [0.1, 0.15) is 29.8 Å². The quantitative estimate of drug-likeness (QED) is 0.278. The van der Waals surface area contributed by atoms with Gasteiger partial charge in [-0.15, -0.1) is 0 Å². The Morgan fingerprint density at radius 2 is 1.74 bits per heavy atom. The van der Waals surface area contributed by atoms with Crippen LogP contribution in [0.2, 0.25) is 0 Å². The third-order valence-corrected chi connectivity index (χ3v) is 7.52. The number of hydrogen-bond donors (Lipinski definition) is 0.